The van der Waals surface area contributed by atoms with Gasteiger partial charge < -0.3 is 5.32 Å². The van der Waals surface area contributed by atoms with E-state index >= 15 is 0 Å². The molecular formula is C18H21N5. The first kappa shape index (κ1) is 14.2. The lowest BCUT2D eigenvalue weighted by Gasteiger charge is -2.22. The molecule has 1 aliphatic rings. The average molecular weight is 307 g/mol. The number of para-hydroxylation sites is 1. The number of aryl methyl sites for hydroxylation is 1. The zero-order chi connectivity index (χ0) is 15.6. The van der Waals surface area contributed by atoms with E-state index in [0.717, 1.165) is 22.3 Å². The average Bonchev–Trinajstić information content (AvgIpc) is 2.94. The SMILES string of the molecule is Cn1nc(-c2ccnc(NC3CCCCC3)n2)c2ccccc21. The normalized spacial score (nSPS) is 15.9. The zero-order valence-electron chi connectivity index (χ0n) is 13.4. The Balaban J connectivity index is 1.67. The highest BCUT2D eigenvalue weighted by Gasteiger charge is 2.16. The van der Waals surface area contributed by atoms with Gasteiger partial charge in [-0.1, -0.05) is 37.5 Å². The smallest absolute Gasteiger partial charge is 0.223 e. The van der Waals surface area contributed by atoms with E-state index in [2.05, 4.69) is 27.5 Å². The molecule has 0 spiro atoms. The van der Waals surface area contributed by atoms with Crippen molar-refractivity contribution in [2.24, 2.45) is 7.05 Å². The van der Waals surface area contributed by atoms with Crippen LogP contribution in [0, 0.1) is 0 Å². The number of aromatic nitrogens is 4. The van der Waals surface area contributed by atoms with Gasteiger partial charge in [0.15, 0.2) is 0 Å². The van der Waals surface area contributed by atoms with Crippen molar-refractivity contribution in [2.75, 3.05) is 5.32 Å². The molecule has 0 amide bonds. The molecule has 5 nitrogen and oxygen atoms in total. The van der Waals surface area contributed by atoms with Gasteiger partial charge >= 0.3 is 0 Å². The summed E-state index contributed by atoms with van der Waals surface area (Å²) in [6.07, 6.45) is 8.17. The lowest BCUT2D eigenvalue weighted by molar-refractivity contribution is 0.461. The highest BCUT2D eigenvalue weighted by Crippen LogP contribution is 2.27. The molecular weight excluding hydrogens is 286 g/mol. The maximum atomic E-state index is 4.70. The molecule has 0 unspecified atom stereocenters. The van der Waals surface area contributed by atoms with Crippen LogP contribution in [0.3, 0.4) is 0 Å². The lowest BCUT2D eigenvalue weighted by atomic mass is 9.96. The van der Waals surface area contributed by atoms with Crippen LogP contribution in [0.15, 0.2) is 36.5 Å². The molecule has 1 aliphatic carbocycles. The summed E-state index contributed by atoms with van der Waals surface area (Å²) < 4.78 is 1.90. The quantitative estimate of drug-likeness (QED) is 0.800. The maximum absolute atomic E-state index is 4.70. The summed E-state index contributed by atoms with van der Waals surface area (Å²) in [5, 5.41) is 9.26. The minimum absolute atomic E-state index is 0.500. The van der Waals surface area contributed by atoms with Crippen LogP contribution in [-0.4, -0.2) is 25.8 Å². The number of rotatable bonds is 3. The Morgan fingerprint density at radius 2 is 1.91 bits per heavy atom. The first-order valence-electron chi connectivity index (χ1n) is 8.33. The van der Waals surface area contributed by atoms with E-state index in [-0.39, 0.29) is 0 Å². The van der Waals surface area contributed by atoms with E-state index in [1.165, 1.54) is 32.1 Å². The molecule has 1 N–H and O–H groups in total. The second-order valence-electron chi connectivity index (χ2n) is 6.23. The van der Waals surface area contributed by atoms with Crippen molar-refractivity contribution >= 4 is 16.9 Å². The minimum Gasteiger partial charge on any atom is -0.351 e. The first-order chi connectivity index (χ1) is 11.3. The number of nitrogens with zero attached hydrogens (tertiary/aromatic N) is 4. The highest BCUT2D eigenvalue weighted by atomic mass is 15.3. The molecule has 1 aromatic carbocycles. The molecule has 0 atom stereocenters. The fraction of sp³-hybridized carbons (Fsp3) is 0.389. The number of nitrogens with one attached hydrogen (secondary N) is 1. The summed E-state index contributed by atoms with van der Waals surface area (Å²) in [5.41, 5.74) is 2.90. The summed E-state index contributed by atoms with van der Waals surface area (Å²) in [4.78, 5) is 9.09. The van der Waals surface area contributed by atoms with E-state index < -0.39 is 0 Å². The first-order valence-corrected chi connectivity index (χ1v) is 8.33. The molecule has 118 valence electrons. The van der Waals surface area contributed by atoms with Crippen molar-refractivity contribution in [3.05, 3.63) is 36.5 Å². The van der Waals surface area contributed by atoms with Gasteiger partial charge in [-0.25, -0.2) is 9.97 Å². The van der Waals surface area contributed by atoms with Crippen molar-refractivity contribution in [3.8, 4) is 11.4 Å². The molecule has 23 heavy (non-hydrogen) atoms. The highest BCUT2D eigenvalue weighted by molar-refractivity contribution is 5.92. The van der Waals surface area contributed by atoms with Gasteiger partial charge in [0.1, 0.15) is 5.69 Å². The topological polar surface area (TPSA) is 55.6 Å². The molecule has 0 aliphatic heterocycles. The molecule has 5 heteroatoms. The van der Waals surface area contributed by atoms with E-state index in [9.17, 15) is 0 Å². The largest absolute Gasteiger partial charge is 0.351 e. The van der Waals surface area contributed by atoms with Crippen LogP contribution in [0.25, 0.3) is 22.3 Å². The predicted octanol–water partition coefficient (Wildman–Crippen LogP) is 3.77. The van der Waals surface area contributed by atoms with E-state index in [4.69, 9.17) is 4.98 Å². The van der Waals surface area contributed by atoms with Crippen molar-refractivity contribution in [3.63, 3.8) is 0 Å². The molecule has 2 heterocycles. The van der Waals surface area contributed by atoms with Gasteiger partial charge in [0.2, 0.25) is 5.95 Å². The maximum Gasteiger partial charge on any atom is 0.223 e. The summed E-state index contributed by atoms with van der Waals surface area (Å²) in [7, 11) is 1.97. The third-order valence-electron chi connectivity index (χ3n) is 4.59. The van der Waals surface area contributed by atoms with Crippen LogP contribution in [0.2, 0.25) is 0 Å². The Morgan fingerprint density at radius 3 is 2.78 bits per heavy atom. The standard InChI is InChI=1S/C18H21N5/c1-23-16-10-6-5-9-14(16)17(22-23)15-11-12-19-18(21-15)20-13-7-3-2-4-8-13/h5-6,9-13H,2-4,7-8H2,1H3,(H,19,20,21). The van der Waals surface area contributed by atoms with Crippen LogP contribution in [-0.2, 0) is 7.05 Å². The fourth-order valence-electron chi connectivity index (χ4n) is 3.39. The van der Waals surface area contributed by atoms with Gasteiger partial charge in [-0.05, 0) is 25.0 Å². The summed E-state index contributed by atoms with van der Waals surface area (Å²) >= 11 is 0. The molecule has 1 fully saturated rings. The number of anilines is 1. The molecule has 3 aromatic rings. The van der Waals surface area contributed by atoms with Gasteiger partial charge in [0.05, 0.1) is 11.2 Å². The van der Waals surface area contributed by atoms with Crippen LogP contribution in [0.4, 0.5) is 5.95 Å². The van der Waals surface area contributed by atoms with E-state index in [0.29, 0.717) is 12.0 Å². The predicted molar refractivity (Wildman–Crippen MR) is 92.2 cm³/mol. The summed E-state index contributed by atoms with van der Waals surface area (Å²) in [6.45, 7) is 0. The lowest BCUT2D eigenvalue weighted by Crippen LogP contribution is -2.23. The molecule has 1 saturated carbocycles. The van der Waals surface area contributed by atoms with Crippen molar-refractivity contribution in [2.45, 2.75) is 38.1 Å². The van der Waals surface area contributed by atoms with Gasteiger partial charge in [0, 0.05) is 24.7 Å². The molecule has 4 rings (SSSR count). The van der Waals surface area contributed by atoms with Gasteiger partial charge in [-0.15, -0.1) is 0 Å². The van der Waals surface area contributed by atoms with Gasteiger partial charge in [-0.2, -0.15) is 5.10 Å². The Kier molecular flexibility index (Phi) is 3.69. The minimum atomic E-state index is 0.500. The number of fused-ring (bicyclic) bond motifs is 1. The van der Waals surface area contributed by atoms with Crippen LogP contribution < -0.4 is 5.32 Å². The van der Waals surface area contributed by atoms with Crippen molar-refractivity contribution in [1.82, 2.24) is 19.7 Å². The Labute approximate surface area is 135 Å². The number of benzene rings is 1. The van der Waals surface area contributed by atoms with Crippen LogP contribution in [0.1, 0.15) is 32.1 Å². The second kappa shape index (κ2) is 5.99. The number of hydrogen-bond acceptors (Lipinski definition) is 4. The van der Waals surface area contributed by atoms with Gasteiger partial charge in [0.25, 0.3) is 0 Å². The monoisotopic (exact) mass is 307 g/mol. The van der Waals surface area contributed by atoms with Crippen molar-refractivity contribution < 1.29 is 0 Å². The third kappa shape index (κ3) is 2.79. The van der Waals surface area contributed by atoms with Crippen LogP contribution in [0.5, 0.6) is 0 Å². The number of hydrogen-bond donors (Lipinski definition) is 1. The summed E-state index contributed by atoms with van der Waals surface area (Å²) in [6, 6.07) is 10.7. The Hall–Kier alpha value is -2.43. The van der Waals surface area contributed by atoms with Crippen molar-refractivity contribution in [1.29, 1.82) is 0 Å². The Bertz CT molecular complexity index is 817. The second-order valence-corrected chi connectivity index (χ2v) is 6.23. The van der Waals surface area contributed by atoms with Crippen LogP contribution >= 0.6 is 0 Å². The Morgan fingerprint density at radius 1 is 1.09 bits per heavy atom. The fourth-order valence-corrected chi connectivity index (χ4v) is 3.39. The van der Waals surface area contributed by atoms with E-state index in [1.54, 1.807) is 0 Å². The third-order valence-corrected chi connectivity index (χ3v) is 4.59. The van der Waals surface area contributed by atoms with Gasteiger partial charge in [-0.3, -0.25) is 4.68 Å². The van der Waals surface area contributed by atoms with E-state index in [1.807, 2.05) is 36.1 Å². The molecule has 2 aromatic heterocycles. The zero-order valence-corrected chi connectivity index (χ0v) is 13.4. The molecule has 0 bridgehead atoms. The summed E-state index contributed by atoms with van der Waals surface area (Å²) in [5.74, 6) is 0.712. The molecule has 0 saturated heterocycles. The molecule has 0 radical (unpaired) electrons.